The first kappa shape index (κ1) is 30.7. The summed E-state index contributed by atoms with van der Waals surface area (Å²) in [6, 6.07) is 7.93. The van der Waals surface area contributed by atoms with Gasteiger partial charge in [0.25, 0.3) is 5.91 Å². The minimum atomic E-state index is -3.69. The quantitative estimate of drug-likeness (QED) is 0.191. The molecule has 1 N–H and O–H groups in total. The van der Waals surface area contributed by atoms with E-state index in [4.69, 9.17) is 20.8 Å². The van der Waals surface area contributed by atoms with Gasteiger partial charge >= 0.3 is 5.63 Å². The van der Waals surface area contributed by atoms with Crippen LogP contribution in [0.2, 0.25) is 5.02 Å². The Balaban J connectivity index is 1.75. The normalized spacial score (nSPS) is 11.8. The van der Waals surface area contributed by atoms with E-state index in [0.29, 0.717) is 41.9 Å². The Labute approximate surface area is 235 Å². The SMILES string of the molecule is CCCCCCc1c(C)c2cc(Cl)c(OCC(=O)Nc3ccc(C)c(S(=O)(=O)N(CC)CC)c3)cc2oc1=O. The summed E-state index contributed by atoms with van der Waals surface area (Å²) < 4.78 is 38.6. The van der Waals surface area contributed by atoms with E-state index < -0.39 is 15.9 Å². The van der Waals surface area contributed by atoms with Crippen molar-refractivity contribution >= 4 is 44.2 Å². The van der Waals surface area contributed by atoms with Crippen LogP contribution in [0.3, 0.4) is 0 Å². The van der Waals surface area contributed by atoms with E-state index in [1.807, 2.05) is 6.92 Å². The summed E-state index contributed by atoms with van der Waals surface area (Å²) in [7, 11) is -3.69. The van der Waals surface area contributed by atoms with Crippen molar-refractivity contribution in [3.8, 4) is 5.75 Å². The number of halogens is 1. The van der Waals surface area contributed by atoms with Crippen LogP contribution < -0.4 is 15.7 Å². The average Bonchev–Trinajstić information content (AvgIpc) is 2.89. The fourth-order valence-corrected chi connectivity index (χ4v) is 6.44. The van der Waals surface area contributed by atoms with Gasteiger partial charge in [0.05, 0.1) is 9.92 Å². The molecular weight excluding hydrogens is 540 g/mol. The molecular formula is C29H37ClN2O6S. The Hall–Kier alpha value is -2.88. The summed E-state index contributed by atoms with van der Waals surface area (Å²) >= 11 is 6.45. The summed E-state index contributed by atoms with van der Waals surface area (Å²) in [4.78, 5) is 25.4. The molecule has 1 amide bonds. The molecule has 0 aliphatic rings. The highest BCUT2D eigenvalue weighted by Gasteiger charge is 2.24. The van der Waals surface area contributed by atoms with Crippen molar-refractivity contribution < 1.29 is 22.4 Å². The van der Waals surface area contributed by atoms with Crippen LogP contribution in [0.25, 0.3) is 11.0 Å². The van der Waals surface area contributed by atoms with E-state index >= 15 is 0 Å². The number of aryl methyl sites for hydroxylation is 2. The van der Waals surface area contributed by atoms with Gasteiger partial charge in [-0.2, -0.15) is 4.31 Å². The van der Waals surface area contributed by atoms with Gasteiger partial charge in [-0.15, -0.1) is 0 Å². The molecule has 0 atom stereocenters. The molecule has 3 aromatic rings. The van der Waals surface area contributed by atoms with Gasteiger partial charge in [0.15, 0.2) is 6.61 Å². The molecule has 8 nitrogen and oxygen atoms in total. The lowest BCUT2D eigenvalue weighted by atomic mass is 10.0. The zero-order chi connectivity index (χ0) is 28.7. The molecule has 0 unspecified atom stereocenters. The summed E-state index contributed by atoms with van der Waals surface area (Å²) in [5.74, 6) is -0.299. The van der Waals surface area contributed by atoms with Crippen LogP contribution in [0.15, 0.2) is 44.4 Å². The molecule has 1 aromatic heterocycles. The van der Waals surface area contributed by atoms with Gasteiger partial charge in [0.2, 0.25) is 10.0 Å². The van der Waals surface area contributed by atoms with Crippen LogP contribution in [0.5, 0.6) is 5.75 Å². The zero-order valence-corrected chi connectivity index (χ0v) is 24.8. The first-order valence-corrected chi connectivity index (χ1v) is 15.1. The Morgan fingerprint density at radius 1 is 1.05 bits per heavy atom. The molecule has 0 radical (unpaired) electrons. The number of unbranched alkanes of at least 4 members (excludes halogenated alkanes) is 3. The van der Waals surface area contributed by atoms with Crippen LogP contribution in [0, 0.1) is 13.8 Å². The third-order valence-corrected chi connectivity index (χ3v) is 9.26. The lowest BCUT2D eigenvalue weighted by Crippen LogP contribution is -2.31. The highest BCUT2D eigenvalue weighted by molar-refractivity contribution is 7.89. The third kappa shape index (κ3) is 7.21. The van der Waals surface area contributed by atoms with Crippen molar-refractivity contribution in [2.75, 3.05) is 25.0 Å². The van der Waals surface area contributed by atoms with Crippen molar-refractivity contribution in [3.63, 3.8) is 0 Å². The van der Waals surface area contributed by atoms with Crippen LogP contribution in [-0.2, 0) is 21.2 Å². The maximum Gasteiger partial charge on any atom is 0.339 e. The molecule has 0 aliphatic heterocycles. The first-order valence-electron chi connectivity index (χ1n) is 13.3. The lowest BCUT2D eigenvalue weighted by Gasteiger charge is -2.20. The van der Waals surface area contributed by atoms with E-state index in [1.165, 1.54) is 16.4 Å². The number of benzene rings is 2. The van der Waals surface area contributed by atoms with Crippen molar-refractivity contribution in [3.05, 3.63) is 62.5 Å². The Morgan fingerprint density at radius 3 is 2.44 bits per heavy atom. The number of carbonyl (C=O) groups is 1. The number of hydrogen-bond acceptors (Lipinski definition) is 6. The molecule has 1 heterocycles. The molecule has 2 aromatic carbocycles. The van der Waals surface area contributed by atoms with Crippen LogP contribution >= 0.6 is 11.6 Å². The number of nitrogens with one attached hydrogen (secondary N) is 1. The molecule has 0 bridgehead atoms. The molecule has 10 heteroatoms. The standard InChI is InChI=1S/C29H37ClN2O6S/c1-6-9-10-11-12-22-20(5)23-16-24(30)26(17-25(23)38-29(22)34)37-18-28(33)31-21-14-13-19(4)27(15-21)39(35,36)32(7-2)8-3/h13-17H,6-12,18H2,1-5H3,(H,31,33). The number of anilines is 1. The number of carbonyl (C=O) groups excluding carboxylic acids is 1. The van der Waals surface area contributed by atoms with Gasteiger partial charge in [-0.25, -0.2) is 13.2 Å². The van der Waals surface area contributed by atoms with E-state index in [0.717, 1.165) is 36.6 Å². The van der Waals surface area contributed by atoms with Gasteiger partial charge in [0, 0.05) is 35.8 Å². The number of fused-ring (bicyclic) bond motifs is 1. The summed E-state index contributed by atoms with van der Waals surface area (Å²) in [6.07, 6.45) is 4.86. The molecule has 39 heavy (non-hydrogen) atoms. The molecule has 0 aliphatic carbocycles. The molecule has 0 saturated carbocycles. The maximum atomic E-state index is 13.0. The smallest absolute Gasteiger partial charge is 0.339 e. The predicted molar refractivity (Wildman–Crippen MR) is 155 cm³/mol. The fourth-order valence-electron chi connectivity index (χ4n) is 4.52. The Bertz CT molecular complexity index is 1500. The highest BCUT2D eigenvalue weighted by Crippen LogP contribution is 2.32. The molecule has 3 rings (SSSR count). The van der Waals surface area contributed by atoms with Gasteiger partial charge < -0.3 is 14.5 Å². The Morgan fingerprint density at radius 2 is 1.77 bits per heavy atom. The fraction of sp³-hybridized carbons (Fsp3) is 0.448. The van der Waals surface area contributed by atoms with Crippen molar-refractivity contribution in [2.45, 2.75) is 71.6 Å². The second-order valence-corrected chi connectivity index (χ2v) is 11.8. The molecule has 0 spiro atoms. The number of nitrogens with zero attached hydrogens (tertiary/aromatic N) is 1. The largest absolute Gasteiger partial charge is 0.482 e. The second kappa shape index (κ2) is 13.5. The van der Waals surface area contributed by atoms with E-state index in [9.17, 15) is 18.0 Å². The zero-order valence-electron chi connectivity index (χ0n) is 23.2. The van der Waals surface area contributed by atoms with E-state index in [-0.39, 0.29) is 27.9 Å². The maximum absolute atomic E-state index is 13.0. The number of sulfonamides is 1. The van der Waals surface area contributed by atoms with Gasteiger partial charge in [-0.05, 0) is 56.0 Å². The molecule has 0 saturated heterocycles. The van der Waals surface area contributed by atoms with E-state index in [1.54, 1.807) is 39.0 Å². The number of amides is 1. The number of ether oxygens (including phenoxy) is 1. The minimum Gasteiger partial charge on any atom is -0.482 e. The summed E-state index contributed by atoms with van der Waals surface area (Å²) in [5, 5.41) is 3.68. The van der Waals surface area contributed by atoms with Crippen molar-refractivity contribution in [1.29, 1.82) is 0 Å². The van der Waals surface area contributed by atoms with E-state index in [2.05, 4.69) is 12.2 Å². The lowest BCUT2D eigenvalue weighted by molar-refractivity contribution is -0.118. The van der Waals surface area contributed by atoms with Crippen molar-refractivity contribution in [1.82, 2.24) is 4.31 Å². The van der Waals surface area contributed by atoms with Crippen molar-refractivity contribution in [2.24, 2.45) is 0 Å². The predicted octanol–water partition coefficient (Wildman–Crippen LogP) is 6.23. The van der Waals surface area contributed by atoms with Gasteiger partial charge in [-0.1, -0.05) is 57.7 Å². The Kier molecular flexibility index (Phi) is 10.6. The third-order valence-electron chi connectivity index (χ3n) is 6.77. The second-order valence-electron chi connectivity index (χ2n) is 9.49. The minimum absolute atomic E-state index is 0.137. The first-order chi connectivity index (χ1) is 18.5. The van der Waals surface area contributed by atoms with Crippen LogP contribution in [0.1, 0.15) is 63.1 Å². The van der Waals surface area contributed by atoms with Crippen LogP contribution in [-0.4, -0.2) is 38.3 Å². The number of hydrogen-bond donors (Lipinski definition) is 1. The van der Waals surface area contributed by atoms with Gasteiger partial charge in [0.1, 0.15) is 11.3 Å². The monoisotopic (exact) mass is 576 g/mol. The topological polar surface area (TPSA) is 106 Å². The molecule has 212 valence electrons. The highest BCUT2D eigenvalue weighted by atomic mass is 35.5. The number of rotatable bonds is 13. The average molecular weight is 577 g/mol. The summed E-state index contributed by atoms with van der Waals surface area (Å²) in [5.41, 5.74) is 2.36. The summed E-state index contributed by atoms with van der Waals surface area (Å²) in [6.45, 7) is 9.59. The van der Waals surface area contributed by atoms with Crippen LogP contribution in [0.4, 0.5) is 5.69 Å². The molecule has 0 fully saturated rings. The van der Waals surface area contributed by atoms with Gasteiger partial charge in [-0.3, -0.25) is 4.79 Å².